The van der Waals surface area contributed by atoms with Crippen molar-refractivity contribution in [3.8, 4) is 5.69 Å². The van der Waals surface area contributed by atoms with Crippen LogP contribution in [0.25, 0.3) is 5.69 Å². The van der Waals surface area contributed by atoms with E-state index in [0.717, 1.165) is 10.0 Å². The minimum atomic E-state index is -1.31. The molecule has 1 heterocycles. The van der Waals surface area contributed by atoms with Crippen molar-refractivity contribution in [3.63, 3.8) is 0 Å². The molecule has 2 rings (SSSR count). The minimum absolute atomic E-state index is 0.0820. The summed E-state index contributed by atoms with van der Waals surface area (Å²) in [6.45, 7) is 5.62. The van der Waals surface area contributed by atoms with Gasteiger partial charge in [0.1, 0.15) is 0 Å². The van der Waals surface area contributed by atoms with E-state index in [0.29, 0.717) is 11.3 Å². The van der Waals surface area contributed by atoms with E-state index in [4.69, 9.17) is 5.11 Å². The van der Waals surface area contributed by atoms with E-state index < -0.39 is 17.1 Å². The van der Waals surface area contributed by atoms with Crippen molar-refractivity contribution in [2.24, 2.45) is 0 Å². The van der Waals surface area contributed by atoms with Crippen LogP contribution >= 0.6 is 15.9 Å². The number of carboxylic acids is 1. The Bertz CT molecular complexity index is 766. The van der Waals surface area contributed by atoms with E-state index in [1.54, 1.807) is 6.20 Å². The third-order valence-electron chi connectivity index (χ3n) is 3.18. The van der Waals surface area contributed by atoms with Gasteiger partial charge in [0.05, 0.1) is 5.69 Å². The molecule has 0 saturated carbocycles. The number of halogens is 1. The number of aromatic nitrogens is 2. The highest BCUT2D eigenvalue weighted by molar-refractivity contribution is 9.10. The van der Waals surface area contributed by atoms with E-state index in [2.05, 4.69) is 21.0 Å². The summed E-state index contributed by atoms with van der Waals surface area (Å²) < 4.78 is 2.40. The third kappa shape index (κ3) is 3.05. The number of nitrogens with zero attached hydrogens (tertiary/aromatic N) is 2. The molecule has 0 spiro atoms. The molecule has 1 N–H and O–H groups in total. The van der Waals surface area contributed by atoms with Crippen molar-refractivity contribution in [2.45, 2.75) is 26.7 Å². The lowest BCUT2D eigenvalue weighted by atomic mass is 10.0. The topological polar surface area (TPSA) is 72.2 Å². The maximum Gasteiger partial charge on any atom is 0.360 e. The van der Waals surface area contributed by atoms with Gasteiger partial charge in [-0.2, -0.15) is 5.10 Å². The highest BCUT2D eigenvalue weighted by atomic mass is 79.9. The third-order valence-corrected chi connectivity index (χ3v) is 4.07. The number of benzene rings is 1. The molecule has 6 heteroatoms. The number of carboxylic acid groups (broad SMARTS) is 1. The second kappa shape index (κ2) is 5.81. The molecule has 0 unspecified atom stereocenters. The van der Waals surface area contributed by atoms with Gasteiger partial charge in [0, 0.05) is 16.2 Å². The van der Waals surface area contributed by atoms with E-state index in [9.17, 15) is 9.59 Å². The fraction of sp³-hybridized carbons (Fsp3) is 0.267. The second-order valence-corrected chi connectivity index (χ2v) is 5.95. The molecule has 1 aromatic heterocycles. The Labute approximate surface area is 130 Å². The Balaban J connectivity index is 2.71. The fourth-order valence-corrected chi connectivity index (χ4v) is 2.21. The number of aromatic carboxylic acids is 1. The zero-order valence-corrected chi connectivity index (χ0v) is 13.5. The molecule has 0 amide bonds. The molecule has 0 aliphatic carbocycles. The lowest BCUT2D eigenvalue weighted by Crippen LogP contribution is -2.25. The zero-order chi connectivity index (χ0) is 15.7. The molecule has 0 aliphatic rings. The fourth-order valence-electron chi connectivity index (χ4n) is 1.96. The van der Waals surface area contributed by atoms with Gasteiger partial charge in [0.2, 0.25) is 11.1 Å². The largest absolute Gasteiger partial charge is 0.476 e. The smallest absolute Gasteiger partial charge is 0.360 e. The minimum Gasteiger partial charge on any atom is -0.476 e. The predicted molar refractivity (Wildman–Crippen MR) is 83.3 cm³/mol. The van der Waals surface area contributed by atoms with Gasteiger partial charge in [-0.05, 0) is 36.6 Å². The van der Waals surface area contributed by atoms with Crippen LogP contribution in [-0.4, -0.2) is 20.9 Å². The van der Waals surface area contributed by atoms with Gasteiger partial charge in [-0.25, -0.2) is 9.48 Å². The predicted octanol–water partition coefficient (Wildman–Crippen LogP) is 3.13. The summed E-state index contributed by atoms with van der Waals surface area (Å²) >= 11 is 3.42. The first kappa shape index (κ1) is 15.4. The van der Waals surface area contributed by atoms with Gasteiger partial charge in [-0.3, -0.25) is 4.79 Å². The molecular weight excluding hydrogens is 336 g/mol. The van der Waals surface area contributed by atoms with Crippen molar-refractivity contribution >= 4 is 21.9 Å². The summed E-state index contributed by atoms with van der Waals surface area (Å²) in [5.41, 5.74) is 1.16. The Morgan fingerprint density at radius 3 is 2.57 bits per heavy atom. The van der Waals surface area contributed by atoms with Crippen LogP contribution in [0.4, 0.5) is 0 Å². The number of hydrogen-bond acceptors (Lipinski definition) is 3. The Kier molecular flexibility index (Phi) is 4.27. The van der Waals surface area contributed by atoms with Gasteiger partial charge in [-0.1, -0.05) is 29.8 Å². The molecule has 0 aliphatic heterocycles. The van der Waals surface area contributed by atoms with Crippen LogP contribution in [0.1, 0.15) is 41.4 Å². The quantitative estimate of drug-likeness (QED) is 0.922. The Hall–Kier alpha value is -1.95. The average Bonchev–Trinajstić information content (AvgIpc) is 2.41. The number of hydrogen-bond donors (Lipinski definition) is 1. The van der Waals surface area contributed by atoms with Gasteiger partial charge >= 0.3 is 5.97 Å². The summed E-state index contributed by atoms with van der Waals surface area (Å²) in [5.74, 6) is -1.40. The summed E-state index contributed by atoms with van der Waals surface area (Å²) in [4.78, 5) is 23.3. The van der Waals surface area contributed by atoms with Crippen LogP contribution in [0.2, 0.25) is 0 Å². The standard InChI is InChI=1S/C15H15BrN2O3/c1-8(2)11-7-18(17-13(14(11)19)15(20)21)10-4-5-12(16)9(3)6-10/h4-8H,1-3H3,(H,20,21). The van der Waals surface area contributed by atoms with Crippen LogP contribution in [0.3, 0.4) is 0 Å². The monoisotopic (exact) mass is 350 g/mol. The second-order valence-electron chi connectivity index (χ2n) is 5.10. The molecular formula is C15H15BrN2O3. The first-order valence-electron chi connectivity index (χ1n) is 6.45. The van der Waals surface area contributed by atoms with E-state index >= 15 is 0 Å². The van der Waals surface area contributed by atoms with E-state index in [1.807, 2.05) is 39.0 Å². The van der Waals surface area contributed by atoms with Crippen molar-refractivity contribution < 1.29 is 9.90 Å². The Morgan fingerprint density at radius 1 is 1.38 bits per heavy atom. The maximum absolute atomic E-state index is 12.1. The average molecular weight is 351 g/mol. The van der Waals surface area contributed by atoms with Crippen LogP contribution in [0, 0.1) is 6.92 Å². The molecule has 0 atom stereocenters. The van der Waals surface area contributed by atoms with Crippen molar-refractivity contribution in [1.29, 1.82) is 0 Å². The van der Waals surface area contributed by atoms with Crippen molar-refractivity contribution in [2.75, 3.05) is 0 Å². The first-order chi connectivity index (χ1) is 9.81. The molecule has 21 heavy (non-hydrogen) atoms. The van der Waals surface area contributed by atoms with Gasteiger partial charge in [0.25, 0.3) is 0 Å². The SMILES string of the molecule is Cc1cc(-n2cc(C(C)C)c(=O)c(C(=O)O)n2)ccc1Br. The van der Waals surface area contributed by atoms with Crippen LogP contribution in [-0.2, 0) is 0 Å². The highest BCUT2D eigenvalue weighted by Crippen LogP contribution is 2.20. The van der Waals surface area contributed by atoms with Gasteiger partial charge in [0.15, 0.2) is 0 Å². The lowest BCUT2D eigenvalue weighted by Gasteiger charge is -2.12. The molecule has 2 aromatic rings. The molecule has 0 fully saturated rings. The molecule has 0 saturated heterocycles. The number of rotatable bonds is 3. The van der Waals surface area contributed by atoms with Crippen molar-refractivity contribution in [1.82, 2.24) is 9.78 Å². The first-order valence-corrected chi connectivity index (χ1v) is 7.24. The highest BCUT2D eigenvalue weighted by Gasteiger charge is 2.18. The van der Waals surface area contributed by atoms with Crippen LogP contribution in [0.15, 0.2) is 33.7 Å². The lowest BCUT2D eigenvalue weighted by molar-refractivity contribution is 0.0686. The molecule has 1 aromatic carbocycles. The molecule has 0 bridgehead atoms. The molecule has 0 radical (unpaired) electrons. The van der Waals surface area contributed by atoms with Crippen LogP contribution in [0.5, 0.6) is 0 Å². The summed E-state index contributed by atoms with van der Waals surface area (Å²) in [5, 5.41) is 13.1. The molecule has 5 nitrogen and oxygen atoms in total. The van der Waals surface area contributed by atoms with Crippen LogP contribution < -0.4 is 5.43 Å². The van der Waals surface area contributed by atoms with Gasteiger partial charge in [-0.15, -0.1) is 0 Å². The molecule has 110 valence electrons. The van der Waals surface area contributed by atoms with E-state index in [-0.39, 0.29) is 5.92 Å². The summed E-state index contributed by atoms with van der Waals surface area (Å²) in [6, 6.07) is 5.54. The Morgan fingerprint density at radius 2 is 2.05 bits per heavy atom. The normalized spacial score (nSPS) is 10.9. The summed E-state index contributed by atoms with van der Waals surface area (Å²) in [7, 11) is 0. The number of aryl methyl sites for hydroxylation is 1. The van der Waals surface area contributed by atoms with Crippen molar-refractivity contribution in [3.05, 3.63) is 55.9 Å². The maximum atomic E-state index is 12.1. The summed E-state index contributed by atoms with van der Waals surface area (Å²) in [6.07, 6.45) is 1.60. The zero-order valence-electron chi connectivity index (χ0n) is 11.9. The number of carbonyl (C=O) groups is 1. The van der Waals surface area contributed by atoms with E-state index in [1.165, 1.54) is 4.68 Å². The van der Waals surface area contributed by atoms with Gasteiger partial charge < -0.3 is 5.11 Å².